The topological polar surface area (TPSA) is 67.5 Å². The second-order valence-electron chi connectivity index (χ2n) is 4.65. The first-order chi connectivity index (χ1) is 10.5. The summed E-state index contributed by atoms with van der Waals surface area (Å²) in [6, 6.07) is 8.12. The Labute approximate surface area is 156 Å². The molecule has 3 aromatic rings. The Bertz CT molecular complexity index is 966. The molecule has 0 unspecified atom stereocenters. The first-order valence-corrected chi connectivity index (χ1v) is 8.86. The van der Waals surface area contributed by atoms with Crippen LogP contribution in [-0.2, 0) is 0 Å². The van der Waals surface area contributed by atoms with Crippen LogP contribution >= 0.6 is 23.5 Å². The third kappa shape index (κ3) is 3.23. The van der Waals surface area contributed by atoms with Gasteiger partial charge >= 0.3 is 29.0 Å². The van der Waals surface area contributed by atoms with E-state index in [0.717, 1.165) is 9.79 Å². The number of benzene rings is 2. The monoisotopic (exact) mass is 358 g/mol. The van der Waals surface area contributed by atoms with E-state index in [1.165, 1.54) is 30.0 Å². The maximum absolute atomic E-state index is 12.7. The van der Waals surface area contributed by atoms with E-state index >= 15 is 0 Å². The van der Waals surface area contributed by atoms with Crippen LogP contribution in [0.25, 0.3) is 21.9 Å². The number of fused-ring (bicyclic) bond motifs is 2. The summed E-state index contributed by atoms with van der Waals surface area (Å²) in [6.07, 6.45) is 3.87. The van der Waals surface area contributed by atoms with Crippen molar-refractivity contribution < 1.29 is 14.3 Å². The molecule has 0 fully saturated rings. The Morgan fingerprint density at radius 1 is 1.09 bits per heavy atom. The molecule has 4 nitrogen and oxygen atoms in total. The van der Waals surface area contributed by atoms with E-state index < -0.39 is 5.97 Å². The van der Waals surface area contributed by atoms with Gasteiger partial charge in [-0.25, -0.2) is 4.79 Å². The van der Waals surface area contributed by atoms with Crippen molar-refractivity contribution in [3.8, 4) is 0 Å². The molecular weight excluding hydrogens is 345 g/mol. The van der Waals surface area contributed by atoms with Crippen LogP contribution in [0.2, 0.25) is 0 Å². The molecule has 0 aliphatic rings. The molecule has 0 aliphatic heterocycles. The summed E-state index contributed by atoms with van der Waals surface area (Å²) in [5.41, 5.74) is 0.816. The van der Waals surface area contributed by atoms with Crippen LogP contribution in [0.4, 0.5) is 0 Å². The van der Waals surface area contributed by atoms with E-state index in [4.69, 9.17) is 9.52 Å². The van der Waals surface area contributed by atoms with Gasteiger partial charge < -0.3 is 9.52 Å². The Balaban J connectivity index is 0.00000192. The smallest absolute Gasteiger partial charge is 0.335 e. The van der Waals surface area contributed by atoms with Crippen LogP contribution in [-0.4, -0.2) is 46.6 Å². The zero-order chi connectivity index (χ0) is 15.9. The van der Waals surface area contributed by atoms with Crippen molar-refractivity contribution in [2.45, 2.75) is 9.79 Å². The molecule has 0 saturated heterocycles. The Hall–Kier alpha value is -1.15. The summed E-state index contributed by atoms with van der Waals surface area (Å²) < 4.78 is 5.86. The third-order valence-corrected chi connectivity index (χ3v) is 4.86. The number of rotatable bonds is 3. The fourth-order valence-electron chi connectivity index (χ4n) is 2.30. The summed E-state index contributed by atoms with van der Waals surface area (Å²) in [5.74, 6) is -1.07. The minimum absolute atomic E-state index is 0. The van der Waals surface area contributed by atoms with Gasteiger partial charge in [0.15, 0.2) is 5.58 Å². The summed E-state index contributed by atoms with van der Waals surface area (Å²) in [6.45, 7) is 0. The van der Waals surface area contributed by atoms with Crippen molar-refractivity contribution in [1.82, 2.24) is 0 Å². The molecule has 0 bridgehead atoms. The van der Waals surface area contributed by atoms with Crippen molar-refractivity contribution in [3.05, 3.63) is 46.1 Å². The van der Waals surface area contributed by atoms with E-state index in [9.17, 15) is 9.59 Å². The molecule has 3 rings (SSSR count). The molecule has 0 saturated carbocycles. The molecule has 1 heterocycles. The largest absolute Gasteiger partial charge is 0.478 e. The van der Waals surface area contributed by atoms with Gasteiger partial charge in [-0.1, -0.05) is 0 Å². The lowest BCUT2D eigenvalue weighted by atomic mass is 10.1. The summed E-state index contributed by atoms with van der Waals surface area (Å²) in [5, 5.41) is 9.84. The molecule has 0 atom stereocenters. The second kappa shape index (κ2) is 7.17. The van der Waals surface area contributed by atoms with Gasteiger partial charge in [0.05, 0.1) is 21.2 Å². The van der Waals surface area contributed by atoms with Gasteiger partial charge in [-0.3, -0.25) is 4.79 Å². The number of aromatic carboxylic acids is 1. The molecule has 23 heavy (non-hydrogen) atoms. The van der Waals surface area contributed by atoms with Gasteiger partial charge in [-0.2, -0.15) is 0 Å². The Kier molecular flexibility index (Phi) is 5.67. The molecule has 116 valence electrons. The van der Waals surface area contributed by atoms with E-state index in [-0.39, 0.29) is 39.4 Å². The molecule has 2 aromatic carbocycles. The number of hydrogen-bond acceptors (Lipinski definition) is 5. The average molecular weight is 359 g/mol. The van der Waals surface area contributed by atoms with E-state index in [1.807, 2.05) is 18.6 Å². The fourth-order valence-corrected chi connectivity index (χ4v) is 3.43. The Morgan fingerprint density at radius 2 is 1.83 bits per heavy atom. The first kappa shape index (κ1) is 18.2. The fraction of sp³-hybridized carbons (Fsp3) is 0.125. The predicted molar refractivity (Wildman–Crippen MR) is 99.1 cm³/mol. The third-order valence-electron chi connectivity index (χ3n) is 3.41. The Morgan fingerprint density at radius 3 is 2.43 bits per heavy atom. The van der Waals surface area contributed by atoms with Crippen LogP contribution < -0.4 is 5.43 Å². The van der Waals surface area contributed by atoms with E-state index in [2.05, 4.69) is 0 Å². The lowest BCUT2D eigenvalue weighted by Crippen LogP contribution is -2.05. The standard InChI is InChI=1S/C16H12O4S2.Mg.2H/c1-21-9-6-11-14(17)10-5-8(16(18)19)3-4-12(10)20-15(11)13(7-9)22-2;;;/h3-7H,1-2H3,(H,18,19);;;. The molecule has 0 amide bonds. The molecule has 0 radical (unpaired) electrons. The lowest BCUT2D eigenvalue weighted by Gasteiger charge is -2.08. The van der Waals surface area contributed by atoms with Crippen molar-refractivity contribution in [2.75, 3.05) is 12.5 Å². The maximum atomic E-state index is 12.7. The normalized spacial score (nSPS) is 10.7. The summed E-state index contributed by atoms with van der Waals surface area (Å²) in [7, 11) is 0. The van der Waals surface area contributed by atoms with Crippen LogP contribution in [0.15, 0.2) is 49.3 Å². The van der Waals surface area contributed by atoms with Gasteiger partial charge in [0, 0.05) is 4.90 Å². The molecule has 1 aromatic heterocycles. The number of carboxylic acid groups (broad SMARTS) is 1. The quantitative estimate of drug-likeness (QED) is 0.440. The van der Waals surface area contributed by atoms with Gasteiger partial charge in [0.2, 0.25) is 5.43 Å². The van der Waals surface area contributed by atoms with Crippen molar-refractivity contribution in [2.24, 2.45) is 0 Å². The van der Waals surface area contributed by atoms with Crippen molar-refractivity contribution in [3.63, 3.8) is 0 Å². The molecule has 0 aliphatic carbocycles. The highest BCUT2D eigenvalue weighted by atomic mass is 32.2. The number of thioether (sulfide) groups is 2. The summed E-state index contributed by atoms with van der Waals surface area (Å²) >= 11 is 3.06. The minimum Gasteiger partial charge on any atom is -0.478 e. The van der Waals surface area contributed by atoms with Crippen molar-refractivity contribution >= 4 is 74.5 Å². The van der Waals surface area contributed by atoms with Crippen LogP contribution in [0.1, 0.15) is 10.4 Å². The first-order valence-electron chi connectivity index (χ1n) is 6.41. The average Bonchev–Trinajstić information content (AvgIpc) is 2.54. The highest BCUT2D eigenvalue weighted by molar-refractivity contribution is 7.99. The van der Waals surface area contributed by atoms with Crippen LogP contribution in [0.5, 0.6) is 0 Å². The highest BCUT2D eigenvalue weighted by Gasteiger charge is 2.14. The van der Waals surface area contributed by atoms with Gasteiger partial charge in [-0.05, 0) is 42.8 Å². The highest BCUT2D eigenvalue weighted by Crippen LogP contribution is 2.32. The van der Waals surface area contributed by atoms with Gasteiger partial charge in [0.1, 0.15) is 5.58 Å². The zero-order valence-electron chi connectivity index (χ0n) is 11.9. The molecular formula is C16H14MgO4S2. The summed E-state index contributed by atoms with van der Waals surface area (Å²) in [4.78, 5) is 25.7. The zero-order valence-corrected chi connectivity index (χ0v) is 13.5. The molecule has 0 spiro atoms. The van der Waals surface area contributed by atoms with Gasteiger partial charge in [0.25, 0.3) is 0 Å². The predicted octanol–water partition coefficient (Wildman–Crippen LogP) is 3.17. The lowest BCUT2D eigenvalue weighted by molar-refractivity contribution is 0.0697. The van der Waals surface area contributed by atoms with Crippen LogP contribution in [0.3, 0.4) is 0 Å². The van der Waals surface area contributed by atoms with E-state index in [0.29, 0.717) is 16.6 Å². The number of hydrogen-bond donors (Lipinski definition) is 1. The number of carbonyl (C=O) groups is 1. The maximum Gasteiger partial charge on any atom is 0.335 e. The van der Waals surface area contributed by atoms with E-state index in [1.54, 1.807) is 17.8 Å². The van der Waals surface area contributed by atoms with Crippen LogP contribution in [0, 0.1) is 0 Å². The number of carboxylic acids is 1. The van der Waals surface area contributed by atoms with Gasteiger partial charge in [-0.15, -0.1) is 23.5 Å². The SMILES string of the molecule is CSc1cc(SC)c2oc3ccc(C(=O)O)cc3c(=O)c2c1.[MgH2]. The minimum atomic E-state index is -1.07. The van der Waals surface area contributed by atoms with Crippen molar-refractivity contribution in [1.29, 1.82) is 0 Å². The second-order valence-corrected chi connectivity index (χ2v) is 6.38. The molecule has 1 N–H and O–H groups in total. The molecule has 7 heteroatoms.